The first-order valence-electron chi connectivity index (χ1n) is 8.75. The van der Waals surface area contributed by atoms with Gasteiger partial charge in [0, 0.05) is 37.2 Å². The number of nitrogens with one attached hydrogen (secondary N) is 1. The molecule has 0 aromatic rings. The van der Waals surface area contributed by atoms with Crippen LogP contribution in [-0.4, -0.2) is 49.8 Å². The van der Waals surface area contributed by atoms with Gasteiger partial charge in [0.1, 0.15) is 0 Å². The summed E-state index contributed by atoms with van der Waals surface area (Å²) in [4.78, 5) is 2.70. The largest absolute Gasteiger partial charge is 0.381 e. The zero-order valence-corrected chi connectivity index (χ0v) is 14.9. The number of hydrogen-bond acceptors (Lipinski definition) is 3. The summed E-state index contributed by atoms with van der Waals surface area (Å²) in [7, 11) is 0. The molecule has 0 radical (unpaired) electrons. The Morgan fingerprint density at radius 3 is 2.48 bits per heavy atom. The van der Waals surface area contributed by atoms with E-state index in [-0.39, 0.29) is 5.54 Å². The minimum Gasteiger partial charge on any atom is -0.381 e. The topological polar surface area (TPSA) is 24.5 Å². The molecule has 1 atom stereocenters. The van der Waals surface area contributed by atoms with Crippen molar-refractivity contribution >= 4 is 0 Å². The summed E-state index contributed by atoms with van der Waals surface area (Å²) < 4.78 is 5.88. The third-order valence-corrected chi connectivity index (χ3v) is 4.94. The molecule has 2 aliphatic heterocycles. The molecule has 0 amide bonds. The Balaban J connectivity index is 1.98. The average Bonchev–Trinajstić information content (AvgIpc) is 2.36. The molecule has 0 aliphatic carbocycles. The highest BCUT2D eigenvalue weighted by Gasteiger charge is 2.37. The summed E-state index contributed by atoms with van der Waals surface area (Å²) in [5.74, 6) is 0. The van der Waals surface area contributed by atoms with Crippen molar-refractivity contribution in [1.29, 1.82) is 0 Å². The van der Waals surface area contributed by atoms with E-state index in [1.54, 1.807) is 0 Å². The quantitative estimate of drug-likeness (QED) is 0.861. The highest BCUT2D eigenvalue weighted by Crippen LogP contribution is 2.34. The maximum absolute atomic E-state index is 5.88. The van der Waals surface area contributed by atoms with E-state index in [4.69, 9.17) is 4.74 Å². The van der Waals surface area contributed by atoms with Crippen molar-refractivity contribution in [2.45, 2.75) is 65.8 Å². The zero-order valence-electron chi connectivity index (χ0n) is 14.9. The molecule has 1 unspecified atom stereocenters. The van der Waals surface area contributed by atoms with Crippen LogP contribution in [0, 0.1) is 10.8 Å². The third-order valence-electron chi connectivity index (χ3n) is 4.94. The molecule has 21 heavy (non-hydrogen) atoms. The Kier molecular flexibility index (Phi) is 5.38. The molecule has 2 aliphatic rings. The van der Waals surface area contributed by atoms with Gasteiger partial charge in [-0.2, -0.15) is 0 Å². The predicted octanol–water partition coefficient (Wildman–Crippen LogP) is 3.29. The van der Waals surface area contributed by atoms with E-state index in [9.17, 15) is 0 Å². The average molecular weight is 296 g/mol. The van der Waals surface area contributed by atoms with E-state index >= 15 is 0 Å². The van der Waals surface area contributed by atoms with Crippen LogP contribution in [0.2, 0.25) is 0 Å². The summed E-state index contributed by atoms with van der Waals surface area (Å²) in [6, 6.07) is 0. The molecule has 2 rings (SSSR count). The summed E-state index contributed by atoms with van der Waals surface area (Å²) in [6.07, 6.45) is 5.22. The number of piperidine rings is 1. The first-order chi connectivity index (χ1) is 9.70. The lowest BCUT2D eigenvalue weighted by Crippen LogP contribution is -2.54. The minimum atomic E-state index is 0.186. The van der Waals surface area contributed by atoms with Crippen molar-refractivity contribution < 1.29 is 4.74 Å². The maximum atomic E-state index is 5.88. The molecule has 3 heteroatoms. The fourth-order valence-electron chi connectivity index (χ4n) is 3.84. The van der Waals surface area contributed by atoms with E-state index < -0.39 is 0 Å². The van der Waals surface area contributed by atoms with Crippen LogP contribution in [0.3, 0.4) is 0 Å². The third kappa shape index (κ3) is 5.54. The van der Waals surface area contributed by atoms with Gasteiger partial charge in [0.25, 0.3) is 0 Å². The van der Waals surface area contributed by atoms with Gasteiger partial charge in [-0.3, -0.25) is 0 Å². The second-order valence-corrected chi connectivity index (χ2v) is 9.24. The molecule has 2 fully saturated rings. The Labute approximate surface area is 131 Å². The van der Waals surface area contributed by atoms with Gasteiger partial charge in [-0.05, 0) is 58.4 Å². The van der Waals surface area contributed by atoms with Gasteiger partial charge < -0.3 is 15.0 Å². The summed E-state index contributed by atoms with van der Waals surface area (Å²) in [5.41, 5.74) is 0.969. The fraction of sp³-hybridized carbons (Fsp3) is 1.00. The summed E-state index contributed by atoms with van der Waals surface area (Å²) in [5, 5.41) is 3.74. The Bertz CT molecular complexity index is 327. The highest BCUT2D eigenvalue weighted by atomic mass is 16.5. The van der Waals surface area contributed by atoms with Crippen molar-refractivity contribution in [3.8, 4) is 0 Å². The van der Waals surface area contributed by atoms with Gasteiger partial charge in [0.2, 0.25) is 0 Å². The van der Waals surface area contributed by atoms with Crippen LogP contribution >= 0.6 is 0 Å². The first-order valence-corrected chi connectivity index (χ1v) is 8.75. The lowest BCUT2D eigenvalue weighted by atomic mass is 9.78. The molecule has 2 heterocycles. The van der Waals surface area contributed by atoms with Crippen LogP contribution in [0.1, 0.15) is 60.3 Å². The normalized spacial score (nSPS) is 31.3. The van der Waals surface area contributed by atoms with Crippen LogP contribution in [-0.2, 0) is 4.74 Å². The molecule has 1 N–H and O–H groups in total. The number of hydrogen-bond donors (Lipinski definition) is 1. The second-order valence-electron chi connectivity index (χ2n) is 9.24. The van der Waals surface area contributed by atoms with Crippen LogP contribution in [0.4, 0.5) is 0 Å². The van der Waals surface area contributed by atoms with Gasteiger partial charge in [-0.1, -0.05) is 13.8 Å². The fourth-order valence-corrected chi connectivity index (χ4v) is 3.84. The molecule has 0 aromatic carbocycles. The first kappa shape index (κ1) is 17.2. The van der Waals surface area contributed by atoms with E-state index in [2.05, 4.69) is 44.8 Å². The Hall–Kier alpha value is -0.120. The molecule has 0 saturated carbocycles. The van der Waals surface area contributed by atoms with Gasteiger partial charge >= 0.3 is 0 Å². The summed E-state index contributed by atoms with van der Waals surface area (Å²) >= 11 is 0. The van der Waals surface area contributed by atoms with Crippen molar-refractivity contribution in [1.82, 2.24) is 10.2 Å². The molecule has 124 valence electrons. The number of likely N-dealkylation sites (tertiary alicyclic amines) is 1. The van der Waals surface area contributed by atoms with Crippen LogP contribution < -0.4 is 5.32 Å². The van der Waals surface area contributed by atoms with Gasteiger partial charge in [0.05, 0.1) is 6.61 Å². The lowest BCUT2D eigenvalue weighted by molar-refractivity contribution is -0.0392. The molecule has 2 saturated heterocycles. The highest BCUT2D eigenvalue weighted by molar-refractivity contribution is 4.91. The van der Waals surface area contributed by atoms with Crippen molar-refractivity contribution in [3.63, 3.8) is 0 Å². The van der Waals surface area contributed by atoms with Crippen LogP contribution in [0.25, 0.3) is 0 Å². The molecule has 0 bridgehead atoms. The van der Waals surface area contributed by atoms with Gasteiger partial charge in [-0.15, -0.1) is 0 Å². The van der Waals surface area contributed by atoms with Crippen molar-refractivity contribution in [2.75, 3.05) is 39.4 Å². The zero-order chi connectivity index (χ0) is 15.6. The monoisotopic (exact) mass is 296 g/mol. The standard InChI is InChI=1S/C18H36N2O/c1-16(2,3)19-12-18(9-7-11-21-15-18)14-20-10-6-8-17(4,5)13-20/h19H,6-15H2,1-5H3. The Morgan fingerprint density at radius 2 is 1.90 bits per heavy atom. The SMILES string of the molecule is CC1(C)CCCN(CC2(CNC(C)(C)C)CCCOC2)C1. The maximum Gasteiger partial charge on any atom is 0.0546 e. The molecular formula is C18H36N2O. The molecule has 3 nitrogen and oxygen atoms in total. The number of nitrogens with zero attached hydrogens (tertiary/aromatic N) is 1. The predicted molar refractivity (Wildman–Crippen MR) is 89.7 cm³/mol. The van der Waals surface area contributed by atoms with E-state index in [0.29, 0.717) is 10.8 Å². The molecular weight excluding hydrogens is 260 g/mol. The molecule has 0 aromatic heterocycles. The minimum absolute atomic E-state index is 0.186. The summed E-state index contributed by atoms with van der Waals surface area (Å²) in [6.45, 7) is 18.2. The van der Waals surface area contributed by atoms with E-state index in [0.717, 1.165) is 19.8 Å². The Morgan fingerprint density at radius 1 is 1.14 bits per heavy atom. The smallest absolute Gasteiger partial charge is 0.0546 e. The van der Waals surface area contributed by atoms with E-state index in [1.807, 2.05) is 0 Å². The van der Waals surface area contributed by atoms with Gasteiger partial charge in [-0.25, -0.2) is 0 Å². The second kappa shape index (κ2) is 6.55. The van der Waals surface area contributed by atoms with Crippen molar-refractivity contribution in [2.24, 2.45) is 10.8 Å². The van der Waals surface area contributed by atoms with Crippen LogP contribution in [0.5, 0.6) is 0 Å². The molecule has 0 spiro atoms. The van der Waals surface area contributed by atoms with E-state index in [1.165, 1.54) is 45.3 Å². The van der Waals surface area contributed by atoms with Crippen LogP contribution in [0.15, 0.2) is 0 Å². The lowest BCUT2D eigenvalue weighted by Gasteiger charge is -2.46. The number of rotatable bonds is 4. The van der Waals surface area contributed by atoms with Crippen molar-refractivity contribution in [3.05, 3.63) is 0 Å². The van der Waals surface area contributed by atoms with Gasteiger partial charge in [0.15, 0.2) is 0 Å². The number of ether oxygens (including phenoxy) is 1.